The summed E-state index contributed by atoms with van der Waals surface area (Å²) in [4.78, 5) is 2.41. The Hall–Kier alpha value is -1.17. The monoisotopic (exact) mass is 319 g/mol. The first-order valence-electron chi connectivity index (χ1n) is 8.25. The highest BCUT2D eigenvalue weighted by Gasteiger charge is 2.20. The van der Waals surface area contributed by atoms with Gasteiger partial charge in [-0.1, -0.05) is 24.3 Å². The number of aryl methyl sites for hydroxylation is 1. The molecule has 0 bridgehead atoms. The average molecular weight is 319 g/mol. The summed E-state index contributed by atoms with van der Waals surface area (Å²) in [5.41, 5.74) is 2.87. The van der Waals surface area contributed by atoms with E-state index in [1.54, 1.807) is 0 Å². The molecule has 1 aliphatic carbocycles. The molecule has 3 rings (SSSR count). The number of benzene rings is 1. The fraction of sp³-hybridized carbons (Fsp3) is 0.588. The van der Waals surface area contributed by atoms with Crippen LogP contribution in [-0.2, 0) is 11.2 Å². The first-order chi connectivity index (χ1) is 10.8. The zero-order chi connectivity index (χ0) is 15.2. The van der Waals surface area contributed by atoms with Crippen molar-refractivity contribution < 1.29 is 4.74 Å². The van der Waals surface area contributed by atoms with Gasteiger partial charge in [-0.15, -0.1) is 0 Å². The largest absolute Gasteiger partial charge is 0.379 e. The summed E-state index contributed by atoms with van der Waals surface area (Å²) in [5, 5.41) is 7.61. The van der Waals surface area contributed by atoms with Crippen molar-refractivity contribution in [3.05, 3.63) is 35.4 Å². The minimum absolute atomic E-state index is 0.355. The Morgan fingerprint density at radius 2 is 2.09 bits per heavy atom. The quantitative estimate of drug-likeness (QED) is 0.829. The number of fused-ring (bicyclic) bond motifs is 1. The van der Waals surface area contributed by atoms with Crippen LogP contribution < -0.4 is 10.6 Å². The normalized spacial score (nSPS) is 21.9. The first-order valence-corrected chi connectivity index (χ1v) is 8.66. The summed E-state index contributed by atoms with van der Waals surface area (Å²) in [7, 11) is 0. The summed E-state index contributed by atoms with van der Waals surface area (Å²) in [6, 6.07) is 9.06. The van der Waals surface area contributed by atoms with E-state index in [4.69, 9.17) is 17.0 Å². The van der Waals surface area contributed by atoms with Gasteiger partial charge in [0, 0.05) is 26.2 Å². The fourth-order valence-corrected chi connectivity index (χ4v) is 3.51. The molecule has 0 aromatic heterocycles. The summed E-state index contributed by atoms with van der Waals surface area (Å²) in [6.07, 6.45) is 3.57. The summed E-state index contributed by atoms with van der Waals surface area (Å²) in [5.74, 6) is 0. The molecule has 0 saturated carbocycles. The Kier molecular flexibility index (Phi) is 5.64. The topological polar surface area (TPSA) is 36.5 Å². The summed E-state index contributed by atoms with van der Waals surface area (Å²) < 4.78 is 5.36. The van der Waals surface area contributed by atoms with E-state index >= 15 is 0 Å². The maximum Gasteiger partial charge on any atom is 0.166 e. The number of hydrogen-bond donors (Lipinski definition) is 2. The van der Waals surface area contributed by atoms with Crippen LogP contribution in [0.2, 0.25) is 0 Å². The Balaban J connectivity index is 1.44. The highest BCUT2D eigenvalue weighted by atomic mass is 32.1. The lowest BCUT2D eigenvalue weighted by molar-refractivity contribution is 0.0389. The van der Waals surface area contributed by atoms with Crippen LogP contribution in [0.3, 0.4) is 0 Å². The van der Waals surface area contributed by atoms with Crippen molar-refractivity contribution in [3.63, 3.8) is 0 Å². The van der Waals surface area contributed by atoms with Crippen molar-refractivity contribution in [2.45, 2.75) is 25.3 Å². The molecule has 1 saturated heterocycles. The van der Waals surface area contributed by atoms with E-state index < -0.39 is 0 Å². The van der Waals surface area contributed by atoms with E-state index in [0.29, 0.717) is 6.04 Å². The van der Waals surface area contributed by atoms with Gasteiger partial charge < -0.3 is 15.4 Å². The summed E-state index contributed by atoms with van der Waals surface area (Å²) in [6.45, 7) is 5.66. The third kappa shape index (κ3) is 4.18. The molecule has 2 N–H and O–H groups in total. The second-order valence-electron chi connectivity index (χ2n) is 6.00. The van der Waals surface area contributed by atoms with Crippen LogP contribution in [0.5, 0.6) is 0 Å². The molecule has 0 amide bonds. The van der Waals surface area contributed by atoms with E-state index in [9.17, 15) is 0 Å². The van der Waals surface area contributed by atoms with Crippen LogP contribution in [0.1, 0.15) is 30.0 Å². The van der Waals surface area contributed by atoms with Crippen LogP contribution in [-0.4, -0.2) is 49.4 Å². The SMILES string of the molecule is S=C(NCCN1CCOCC1)N[C@H]1CCCc2ccccc21. The predicted molar refractivity (Wildman–Crippen MR) is 93.1 cm³/mol. The maximum atomic E-state index is 5.47. The van der Waals surface area contributed by atoms with Gasteiger partial charge in [0.25, 0.3) is 0 Å². The molecule has 22 heavy (non-hydrogen) atoms. The maximum absolute atomic E-state index is 5.47. The van der Waals surface area contributed by atoms with Crippen molar-refractivity contribution in [1.29, 1.82) is 0 Å². The highest BCUT2D eigenvalue weighted by Crippen LogP contribution is 2.29. The predicted octanol–water partition coefficient (Wildman–Crippen LogP) is 1.86. The first kappa shape index (κ1) is 15.7. The summed E-state index contributed by atoms with van der Waals surface area (Å²) >= 11 is 5.47. The molecule has 4 nitrogen and oxygen atoms in total. The molecule has 1 aliphatic heterocycles. The molecule has 1 heterocycles. The number of rotatable bonds is 4. The van der Waals surface area contributed by atoms with Crippen LogP contribution in [0.25, 0.3) is 0 Å². The van der Waals surface area contributed by atoms with Crippen LogP contribution in [0, 0.1) is 0 Å². The molecule has 5 heteroatoms. The molecule has 2 aliphatic rings. The third-order valence-electron chi connectivity index (χ3n) is 4.49. The zero-order valence-electron chi connectivity index (χ0n) is 13.0. The average Bonchev–Trinajstić information content (AvgIpc) is 2.56. The molecule has 1 atom stereocenters. The van der Waals surface area contributed by atoms with E-state index in [2.05, 4.69) is 39.8 Å². The van der Waals surface area contributed by atoms with E-state index in [-0.39, 0.29) is 0 Å². The van der Waals surface area contributed by atoms with Crippen LogP contribution >= 0.6 is 12.2 Å². The standard InChI is InChI=1S/C17H25N3OS/c22-17(18-8-9-20-10-12-21-13-11-20)19-16-7-3-5-14-4-1-2-6-15(14)16/h1-2,4,6,16H,3,5,7-13H2,(H2,18,19,22)/t16-/m0/s1. The van der Waals surface area contributed by atoms with Gasteiger partial charge in [-0.3, -0.25) is 4.90 Å². The van der Waals surface area contributed by atoms with Crippen molar-refractivity contribution in [3.8, 4) is 0 Å². The van der Waals surface area contributed by atoms with Crippen molar-refractivity contribution >= 4 is 17.3 Å². The van der Waals surface area contributed by atoms with Crippen molar-refractivity contribution in [2.75, 3.05) is 39.4 Å². The lowest BCUT2D eigenvalue weighted by Gasteiger charge is -2.29. The Bertz CT molecular complexity index is 502. The fourth-order valence-electron chi connectivity index (χ4n) is 3.27. The Morgan fingerprint density at radius 3 is 2.95 bits per heavy atom. The number of hydrogen-bond acceptors (Lipinski definition) is 3. The number of morpholine rings is 1. The van der Waals surface area contributed by atoms with Crippen molar-refractivity contribution in [1.82, 2.24) is 15.5 Å². The van der Waals surface area contributed by atoms with Crippen molar-refractivity contribution in [2.24, 2.45) is 0 Å². The van der Waals surface area contributed by atoms with Gasteiger partial charge in [0.05, 0.1) is 19.3 Å². The molecule has 0 radical (unpaired) electrons. The number of ether oxygens (including phenoxy) is 1. The van der Waals surface area contributed by atoms with Gasteiger partial charge in [-0.25, -0.2) is 0 Å². The van der Waals surface area contributed by atoms with Crippen LogP contribution in [0.15, 0.2) is 24.3 Å². The molecule has 0 unspecified atom stereocenters. The van der Waals surface area contributed by atoms with Gasteiger partial charge in [0.15, 0.2) is 5.11 Å². The molecular formula is C17H25N3OS. The number of nitrogens with one attached hydrogen (secondary N) is 2. The third-order valence-corrected chi connectivity index (χ3v) is 4.75. The molecular weight excluding hydrogens is 294 g/mol. The minimum Gasteiger partial charge on any atom is -0.379 e. The molecule has 1 aromatic rings. The molecule has 0 spiro atoms. The second-order valence-corrected chi connectivity index (χ2v) is 6.41. The molecule has 1 aromatic carbocycles. The van der Waals surface area contributed by atoms with Gasteiger partial charge >= 0.3 is 0 Å². The molecule has 1 fully saturated rings. The van der Waals surface area contributed by atoms with Gasteiger partial charge in [-0.05, 0) is 42.6 Å². The Labute approximate surface area is 138 Å². The zero-order valence-corrected chi connectivity index (χ0v) is 13.8. The van der Waals surface area contributed by atoms with E-state index in [0.717, 1.165) is 50.9 Å². The second kappa shape index (κ2) is 7.90. The van der Waals surface area contributed by atoms with Gasteiger partial charge in [0.1, 0.15) is 0 Å². The lowest BCUT2D eigenvalue weighted by atomic mass is 9.88. The molecule has 120 valence electrons. The van der Waals surface area contributed by atoms with E-state index in [1.807, 2.05) is 0 Å². The van der Waals surface area contributed by atoms with Gasteiger partial charge in [-0.2, -0.15) is 0 Å². The minimum atomic E-state index is 0.355. The van der Waals surface area contributed by atoms with Crippen LogP contribution in [0.4, 0.5) is 0 Å². The number of nitrogens with zero attached hydrogens (tertiary/aromatic N) is 1. The highest BCUT2D eigenvalue weighted by molar-refractivity contribution is 7.80. The lowest BCUT2D eigenvalue weighted by Crippen LogP contribution is -2.44. The Morgan fingerprint density at radius 1 is 1.27 bits per heavy atom. The van der Waals surface area contributed by atoms with Gasteiger partial charge in [0.2, 0.25) is 0 Å². The smallest absolute Gasteiger partial charge is 0.166 e. The number of thiocarbonyl (C=S) groups is 1. The van der Waals surface area contributed by atoms with E-state index in [1.165, 1.54) is 24.0 Å².